The van der Waals surface area contributed by atoms with Crippen LogP contribution in [0.4, 0.5) is 0 Å². The number of hydrogen-bond donors (Lipinski definition) is 0. The largest absolute Gasteiger partial charge is 0.449 e. The molecule has 1 aliphatic heterocycles. The molecule has 3 aromatic rings. The molecule has 1 heterocycles. The molecule has 0 saturated heterocycles. The van der Waals surface area contributed by atoms with Gasteiger partial charge in [0.2, 0.25) is 0 Å². The van der Waals surface area contributed by atoms with E-state index < -0.39 is 5.79 Å². The van der Waals surface area contributed by atoms with Crippen molar-refractivity contribution in [2.24, 2.45) is 0 Å². The molecule has 25 heavy (non-hydrogen) atoms. The van der Waals surface area contributed by atoms with E-state index in [-0.39, 0.29) is 0 Å². The molecule has 0 spiro atoms. The third-order valence-corrected chi connectivity index (χ3v) is 5.07. The summed E-state index contributed by atoms with van der Waals surface area (Å²) in [6, 6.07) is 24.2. The second-order valence-electron chi connectivity index (χ2n) is 5.72. The second kappa shape index (κ2) is 6.73. The van der Waals surface area contributed by atoms with Crippen molar-refractivity contribution < 1.29 is 9.47 Å². The van der Waals surface area contributed by atoms with E-state index in [9.17, 15) is 0 Å². The molecule has 124 valence electrons. The van der Waals surface area contributed by atoms with E-state index in [1.165, 1.54) is 3.57 Å². The molecule has 0 amide bonds. The highest BCUT2D eigenvalue weighted by atomic mass is 127. The standard InChI is InChI=1S/C21H14ClIO2/c22-19-9-7-17(8-10-19)21(24-11-12-25-21)18-5-1-3-15(13-18)16-4-2-6-20(23)14-16/h1-14H. The van der Waals surface area contributed by atoms with Crippen LogP contribution in [0, 0.1) is 3.57 Å². The van der Waals surface area contributed by atoms with Crippen LogP contribution in [0.25, 0.3) is 11.1 Å². The van der Waals surface area contributed by atoms with Gasteiger partial charge in [0.05, 0.1) is 0 Å². The number of benzene rings is 3. The number of hydrogen-bond acceptors (Lipinski definition) is 2. The van der Waals surface area contributed by atoms with Crippen molar-refractivity contribution in [2.45, 2.75) is 5.79 Å². The molecular weight excluding hydrogens is 447 g/mol. The molecule has 4 rings (SSSR count). The summed E-state index contributed by atoms with van der Waals surface area (Å²) >= 11 is 8.35. The Balaban J connectivity index is 1.81. The Kier molecular flexibility index (Phi) is 4.44. The first-order chi connectivity index (χ1) is 12.2. The third-order valence-electron chi connectivity index (χ3n) is 4.15. The lowest BCUT2D eigenvalue weighted by atomic mass is 9.94. The molecule has 0 fully saturated rings. The zero-order valence-corrected chi connectivity index (χ0v) is 16.1. The van der Waals surface area contributed by atoms with Crippen LogP contribution in [0.1, 0.15) is 11.1 Å². The van der Waals surface area contributed by atoms with Crippen molar-refractivity contribution in [2.75, 3.05) is 0 Å². The quantitative estimate of drug-likeness (QED) is 0.425. The zero-order valence-electron chi connectivity index (χ0n) is 13.2. The normalized spacial score (nSPS) is 14.8. The average Bonchev–Trinajstić information content (AvgIpc) is 3.13. The summed E-state index contributed by atoms with van der Waals surface area (Å²) in [5, 5.41) is 0.678. The number of rotatable bonds is 3. The van der Waals surface area contributed by atoms with Crippen molar-refractivity contribution >= 4 is 34.2 Å². The van der Waals surface area contributed by atoms with Crippen molar-refractivity contribution in [3.63, 3.8) is 0 Å². The van der Waals surface area contributed by atoms with Gasteiger partial charge in [-0.1, -0.05) is 41.9 Å². The Morgan fingerprint density at radius 3 is 2.04 bits per heavy atom. The predicted molar refractivity (Wildman–Crippen MR) is 108 cm³/mol. The molecule has 0 atom stereocenters. The lowest BCUT2D eigenvalue weighted by Gasteiger charge is -2.29. The molecule has 0 bridgehead atoms. The van der Waals surface area contributed by atoms with E-state index in [4.69, 9.17) is 21.1 Å². The van der Waals surface area contributed by atoms with Crippen LogP contribution in [0.5, 0.6) is 0 Å². The first-order valence-corrected chi connectivity index (χ1v) is 9.26. The molecule has 0 unspecified atom stereocenters. The first-order valence-electron chi connectivity index (χ1n) is 7.81. The van der Waals surface area contributed by atoms with Gasteiger partial charge in [-0.2, -0.15) is 0 Å². The van der Waals surface area contributed by atoms with Gasteiger partial charge in [0, 0.05) is 19.7 Å². The molecule has 4 heteroatoms. The van der Waals surface area contributed by atoms with Crippen molar-refractivity contribution in [1.82, 2.24) is 0 Å². The fraction of sp³-hybridized carbons (Fsp3) is 0.0476. The van der Waals surface area contributed by atoms with Crippen molar-refractivity contribution in [1.29, 1.82) is 0 Å². The number of ether oxygens (including phenoxy) is 2. The van der Waals surface area contributed by atoms with Gasteiger partial charge in [0.15, 0.2) is 0 Å². The minimum atomic E-state index is -0.984. The second-order valence-corrected chi connectivity index (χ2v) is 7.40. The van der Waals surface area contributed by atoms with Gasteiger partial charge in [-0.3, -0.25) is 0 Å². The van der Waals surface area contributed by atoms with Gasteiger partial charge < -0.3 is 9.47 Å². The summed E-state index contributed by atoms with van der Waals surface area (Å²) in [7, 11) is 0. The summed E-state index contributed by atoms with van der Waals surface area (Å²) in [6.07, 6.45) is 3.15. The Bertz CT molecular complexity index is 927. The number of halogens is 2. The van der Waals surface area contributed by atoms with Crippen LogP contribution in [-0.2, 0) is 15.3 Å². The van der Waals surface area contributed by atoms with Gasteiger partial charge in [-0.25, -0.2) is 0 Å². The monoisotopic (exact) mass is 460 g/mol. The topological polar surface area (TPSA) is 18.5 Å². The molecule has 3 aromatic carbocycles. The Labute approximate surface area is 165 Å². The van der Waals surface area contributed by atoms with Gasteiger partial charge in [-0.15, -0.1) is 0 Å². The molecule has 0 aliphatic carbocycles. The van der Waals surface area contributed by atoms with Crippen LogP contribution >= 0.6 is 34.2 Å². The Hall–Kier alpha value is -1.98. The molecule has 1 aliphatic rings. The zero-order chi connectivity index (χ0) is 17.3. The first kappa shape index (κ1) is 16.5. The van der Waals surface area contributed by atoms with Crippen LogP contribution in [0.15, 0.2) is 85.3 Å². The van der Waals surface area contributed by atoms with Crippen LogP contribution < -0.4 is 0 Å². The summed E-state index contributed by atoms with van der Waals surface area (Å²) in [5.74, 6) is -0.984. The Morgan fingerprint density at radius 2 is 1.36 bits per heavy atom. The average molecular weight is 461 g/mol. The molecule has 0 aromatic heterocycles. The summed E-state index contributed by atoms with van der Waals surface area (Å²) < 4.78 is 13.0. The maximum absolute atomic E-state index is 6.03. The van der Waals surface area contributed by atoms with Gasteiger partial charge in [0.25, 0.3) is 0 Å². The highest BCUT2D eigenvalue weighted by molar-refractivity contribution is 14.1. The van der Waals surface area contributed by atoms with Gasteiger partial charge >= 0.3 is 5.79 Å². The summed E-state index contributed by atoms with van der Waals surface area (Å²) in [6.45, 7) is 0. The van der Waals surface area contributed by atoms with E-state index in [2.05, 4.69) is 59.0 Å². The van der Waals surface area contributed by atoms with Crippen molar-refractivity contribution in [3.05, 3.63) is 105 Å². The maximum Gasteiger partial charge on any atom is 0.304 e. The lowest BCUT2D eigenvalue weighted by molar-refractivity contribution is -0.112. The van der Waals surface area contributed by atoms with E-state index in [0.717, 1.165) is 22.3 Å². The predicted octanol–water partition coefficient (Wildman–Crippen LogP) is 6.33. The van der Waals surface area contributed by atoms with Crippen LogP contribution in [-0.4, -0.2) is 0 Å². The van der Waals surface area contributed by atoms with Crippen LogP contribution in [0.3, 0.4) is 0 Å². The molecule has 2 nitrogen and oxygen atoms in total. The van der Waals surface area contributed by atoms with E-state index in [1.807, 2.05) is 36.4 Å². The minimum Gasteiger partial charge on any atom is -0.449 e. The van der Waals surface area contributed by atoms with Gasteiger partial charge in [-0.05, 0) is 76.2 Å². The highest BCUT2D eigenvalue weighted by Crippen LogP contribution is 2.40. The van der Waals surface area contributed by atoms with E-state index in [0.29, 0.717) is 5.02 Å². The van der Waals surface area contributed by atoms with Gasteiger partial charge in [0.1, 0.15) is 12.5 Å². The summed E-state index contributed by atoms with van der Waals surface area (Å²) in [5.41, 5.74) is 4.09. The minimum absolute atomic E-state index is 0.678. The smallest absolute Gasteiger partial charge is 0.304 e. The maximum atomic E-state index is 6.03. The lowest BCUT2D eigenvalue weighted by Crippen LogP contribution is -2.28. The van der Waals surface area contributed by atoms with E-state index >= 15 is 0 Å². The van der Waals surface area contributed by atoms with E-state index in [1.54, 1.807) is 12.5 Å². The SMILES string of the molecule is Clc1ccc(C2(c3cccc(-c4cccc(I)c4)c3)OC=CO2)cc1. The fourth-order valence-corrected chi connectivity index (χ4v) is 3.62. The van der Waals surface area contributed by atoms with Crippen molar-refractivity contribution in [3.8, 4) is 11.1 Å². The third kappa shape index (κ3) is 3.14. The highest BCUT2D eigenvalue weighted by Gasteiger charge is 2.40. The molecule has 0 N–H and O–H groups in total. The van der Waals surface area contributed by atoms with Crippen LogP contribution in [0.2, 0.25) is 5.02 Å². The molecule has 0 saturated carbocycles. The molecule has 0 radical (unpaired) electrons. The fourth-order valence-electron chi connectivity index (χ4n) is 2.95. The molecular formula is C21H14ClIO2. The summed E-state index contributed by atoms with van der Waals surface area (Å²) in [4.78, 5) is 0. The Morgan fingerprint density at radius 1 is 0.720 bits per heavy atom.